The minimum atomic E-state index is -0.0717. The lowest BCUT2D eigenvalue weighted by atomic mass is 10.1. The third-order valence-electron chi connectivity index (χ3n) is 5.16. The fourth-order valence-corrected chi connectivity index (χ4v) is 3.86. The van der Waals surface area contributed by atoms with Crippen LogP contribution in [0.25, 0.3) is 0 Å². The first kappa shape index (κ1) is 19.9. The molecule has 2 amide bonds. The molecule has 0 saturated carbocycles. The van der Waals surface area contributed by atoms with Crippen LogP contribution >= 0.6 is 11.6 Å². The molecule has 1 N–H and O–H groups in total. The van der Waals surface area contributed by atoms with Crippen LogP contribution in [-0.2, 0) is 17.9 Å². The van der Waals surface area contributed by atoms with Gasteiger partial charge in [-0.25, -0.2) is 4.79 Å². The van der Waals surface area contributed by atoms with Crippen molar-refractivity contribution in [2.45, 2.75) is 32.1 Å². The molecule has 2 aliphatic heterocycles. The molecular weight excluding hydrogens is 392 g/mol. The van der Waals surface area contributed by atoms with E-state index in [9.17, 15) is 4.79 Å². The van der Waals surface area contributed by atoms with E-state index in [1.165, 1.54) is 5.56 Å². The summed E-state index contributed by atoms with van der Waals surface area (Å²) in [7, 11) is 0. The van der Waals surface area contributed by atoms with Crippen molar-refractivity contribution in [2.24, 2.45) is 0 Å². The number of benzene rings is 2. The Morgan fingerprint density at radius 3 is 2.66 bits per heavy atom. The van der Waals surface area contributed by atoms with Crippen molar-refractivity contribution >= 4 is 17.6 Å². The molecule has 1 fully saturated rings. The van der Waals surface area contributed by atoms with Crippen LogP contribution in [0.5, 0.6) is 11.5 Å². The maximum atomic E-state index is 12.5. The lowest BCUT2D eigenvalue weighted by Gasteiger charge is -2.32. The molecule has 0 radical (unpaired) electrons. The summed E-state index contributed by atoms with van der Waals surface area (Å²) >= 11 is 6.26. The summed E-state index contributed by atoms with van der Waals surface area (Å²) in [6.07, 6.45) is 1.88. The zero-order valence-electron chi connectivity index (χ0n) is 16.2. The van der Waals surface area contributed by atoms with Crippen molar-refractivity contribution in [1.82, 2.24) is 10.2 Å². The molecular formula is C22H25ClN2O4. The Labute approximate surface area is 175 Å². The number of urea groups is 1. The molecule has 0 bridgehead atoms. The number of hydrogen-bond donors (Lipinski definition) is 1. The number of carbonyl (C=O) groups excluding carboxylic acids is 1. The van der Waals surface area contributed by atoms with Gasteiger partial charge in [0.1, 0.15) is 13.2 Å². The van der Waals surface area contributed by atoms with Gasteiger partial charge in [0.25, 0.3) is 0 Å². The quantitative estimate of drug-likeness (QED) is 0.800. The van der Waals surface area contributed by atoms with Gasteiger partial charge in [-0.1, -0.05) is 41.9 Å². The molecule has 0 spiro atoms. The summed E-state index contributed by atoms with van der Waals surface area (Å²) in [6.45, 7) is 3.37. The number of nitrogens with zero attached hydrogens (tertiary/aromatic N) is 1. The average molecular weight is 417 g/mol. The molecule has 0 atom stereocenters. The van der Waals surface area contributed by atoms with Crippen molar-refractivity contribution < 1.29 is 19.0 Å². The molecule has 7 heteroatoms. The van der Waals surface area contributed by atoms with Crippen molar-refractivity contribution in [2.75, 3.05) is 26.3 Å². The van der Waals surface area contributed by atoms with Crippen LogP contribution in [0.3, 0.4) is 0 Å². The van der Waals surface area contributed by atoms with E-state index in [0.29, 0.717) is 56.0 Å². The number of rotatable bonds is 5. The van der Waals surface area contributed by atoms with E-state index in [1.54, 1.807) is 6.07 Å². The van der Waals surface area contributed by atoms with Gasteiger partial charge in [-0.15, -0.1) is 0 Å². The summed E-state index contributed by atoms with van der Waals surface area (Å²) in [5, 5.41) is 3.47. The summed E-state index contributed by atoms with van der Waals surface area (Å²) in [6, 6.07) is 13.8. The van der Waals surface area contributed by atoms with E-state index in [4.69, 9.17) is 25.8 Å². The van der Waals surface area contributed by atoms with E-state index in [0.717, 1.165) is 18.4 Å². The maximum absolute atomic E-state index is 12.5. The number of halogens is 1. The Morgan fingerprint density at radius 1 is 1.10 bits per heavy atom. The van der Waals surface area contributed by atoms with Crippen molar-refractivity contribution in [3.05, 3.63) is 58.6 Å². The van der Waals surface area contributed by atoms with E-state index in [-0.39, 0.29) is 12.1 Å². The van der Waals surface area contributed by atoms with E-state index in [2.05, 4.69) is 17.4 Å². The number of nitrogens with one attached hydrogen (secondary N) is 1. The van der Waals surface area contributed by atoms with Gasteiger partial charge < -0.3 is 24.4 Å². The number of carbonyl (C=O) groups is 1. The van der Waals surface area contributed by atoms with Gasteiger partial charge in [-0.05, 0) is 36.1 Å². The molecule has 6 nitrogen and oxygen atoms in total. The normalized spacial score (nSPS) is 16.5. The summed E-state index contributed by atoms with van der Waals surface area (Å²) < 4.78 is 17.1. The van der Waals surface area contributed by atoms with Gasteiger partial charge in [0.05, 0.1) is 17.7 Å². The second-order valence-electron chi connectivity index (χ2n) is 7.24. The van der Waals surface area contributed by atoms with Crippen molar-refractivity contribution in [1.29, 1.82) is 0 Å². The Balaban J connectivity index is 1.22. The van der Waals surface area contributed by atoms with Crippen LogP contribution in [0.4, 0.5) is 4.79 Å². The van der Waals surface area contributed by atoms with Crippen LogP contribution in [0, 0.1) is 0 Å². The molecule has 2 aliphatic rings. The van der Waals surface area contributed by atoms with E-state index in [1.807, 2.05) is 29.2 Å². The minimum Gasteiger partial charge on any atom is -0.486 e. The second-order valence-corrected chi connectivity index (χ2v) is 7.65. The van der Waals surface area contributed by atoms with Crippen molar-refractivity contribution in [3.8, 4) is 11.5 Å². The topological polar surface area (TPSA) is 60.0 Å². The highest BCUT2D eigenvalue weighted by Crippen LogP contribution is 2.38. The molecule has 2 heterocycles. The van der Waals surface area contributed by atoms with Gasteiger partial charge in [0.15, 0.2) is 11.5 Å². The van der Waals surface area contributed by atoms with Crippen molar-refractivity contribution in [3.63, 3.8) is 0 Å². The van der Waals surface area contributed by atoms with E-state index < -0.39 is 0 Å². The number of fused-ring (bicyclic) bond motifs is 1. The lowest BCUT2D eigenvalue weighted by Crippen LogP contribution is -2.45. The number of amides is 2. The predicted octanol–water partition coefficient (Wildman–Crippen LogP) is 4.00. The highest BCUT2D eigenvalue weighted by Gasteiger charge is 2.23. The molecule has 4 rings (SSSR count). The van der Waals surface area contributed by atoms with Gasteiger partial charge in [-0.3, -0.25) is 0 Å². The number of hydrogen-bond acceptors (Lipinski definition) is 4. The maximum Gasteiger partial charge on any atom is 0.317 e. The first-order chi connectivity index (χ1) is 14.2. The van der Waals surface area contributed by atoms with Gasteiger partial charge in [0, 0.05) is 19.6 Å². The zero-order chi connectivity index (χ0) is 20.1. The molecule has 0 unspecified atom stereocenters. The Kier molecular flexibility index (Phi) is 6.42. The number of ether oxygens (including phenoxy) is 3. The molecule has 154 valence electrons. The third-order valence-corrected chi connectivity index (χ3v) is 5.44. The smallest absolute Gasteiger partial charge is 0.317 e. The minimum absolute atomic E-state index is 0.0717. The summed E-state index contributed by atoms with van der Waals surface area (Å²) in [5.74, 6) is 1.20. The zero-order valence-corrected chi connectivity index (χ0v) is 17.0. The largest absolute Gasteiger partial charge is 0.486 e. The monoisotopic (exact) mass is 416 g/mol. The van der Waals surface area contributed by atoms with Crippen LogP contribution in [0.2, 0.25) is 5.02 Å². The van der Waals surface area contributed by atoms with Crippen LogP contribution < -0.4 is 14.8 Å². The third kappa shape index (κ3) is 5.14. The van der Waals surface area contributed by atoms with Gasteiger partial charge in [-0.2, -0.15) is 0 Å². The number of piperidine rings is 1. The molecule has 2 aromatic carbocycles. The van der Waals surface area contributed by atoms with Gasteiger partial charge in [0.2, 0.25) is 0 Å². The summed E-state index contributed by atoms with van der Waals surface area (Å²) in [4.78, 5) is 14.4. The van der Waals surface area contributed by atoms with Crippen LogP contribution in [0.15, 0.2) is 42.5 Å². The Morgan fingerprint density at radius 2 is 1.86 bits per heavy atom. The fraction of sp³-hybridized carbons (Fsp3) is 0.409. The first-order valence-electron chi connectivity index (χ1n) is 9.95. The van der Waals surface area contributed by atoms with Crippen LogP contribution in [0.1, 0.15) is 24.0 Å². The Bertz CT molecular complexity index is 838. The molecule has 1 saturated heterocycles. The molecule has 29 heavy (non-hydrogen) atoms. The first-order valence-corrected chi connectivity index (χ1v) is 10.3. The highest BCUT2D eigenvalue weighted by atomic mass is 35.5. The van der Waals surface area contributed by atoms with Gasteiger partial charge >= 0.3 is 6.03 Å². The highest BCUT2D eigenvalue weighted by molar-refractivity contribution is 6.32. The van der Waals surface area contributed by atoms with E-state index >= 15 is 0 Å². The molecule has 0 aromatic heterocycles. The standard InChI is InChI=1S/C22H25ClN2O4/c23-19-12-17(13-20-21(19)28-11-10-27-20)14-24-22(26)25-8-6-18(7-9-25)29-15-16-4-2-1-3-5-16/h1-5,12-13,18H,6-11,14-15H2,(H,24,26). The second kappa shape index (κ2) is 9.37. The predicted molar refractivity (Wildman–Crippen MR) is 111 cm³/mol. The van der Waals surface area contributed by atoms with Crippen LogP contribution in [-0.4, -0.2) is 43.3 Å². The summed E-state index contributed by atoms with van der Waals surface area (Å²) in [5.41, 5.74) is 2.06. The fourth-order valence-electron chi connectivity index (χ4n) is 3.57. The number of likely N-dealkylation sites (tertiary alicyclic amines) is 1. The SMILES string of the molecule is O=C(NCc1cc(Cl)c2c(c1)OCCO2)N1CCC(OCc2ccccc2)CC1. The molecule has 2 aromatic rings. The lowest BCUT2D eigenvalue weighted by molar-refractivity contribution is 0.00444. The average Bonchev–Trinajstić information content (AvgIpc) is 2.77. The molecule has 0 aliphatic carbocycles. The Hall–Kier alpha value is -2.44.